The van der Waals surface area contributed by atoms with Crippen molar-refractivity contribution in [1.29, 1.82) is 0 Å². The van der Waals surface area contributed by atoms with Crippen LogP contribution in [0.15, 0.2) is 21.5 Å². The van der Waals surface area contributed by atoms with E-state index in [1.54, 1.807) is 0 Å². The van der Waals surface area contributed by atoms with Crippen molar-refractivity contribution in [1.82, 2.24) is 5.32 Å². The van der Waals surface area contributed by atoms with E-state index in [1.165, 1.54) is 0 Å². The molecule has 0 radical (unpaired) electrons. The molecule has 9 heteroatoms. The van der Waals surface area contributed by atoms with E-state index < -0.39 is 20.8 Å². The van der Waals surface area contributed by atoms with Gasteiger partial charge in [0.05, 0.1) is 23.1 Å². The van der Waals surface area contributed by atoms with Gasteiger partial charge in [0.1, 0.15) is 5.82 Å². The number of rotatable bonds is 3. The SMILES string of the molecule is O=C(NC1CCOC1)c1cc(S(=O)(=O)Cl)c(Br)cc1F. The van der Waals surface area contributed by atoms with Crippen molar-refractivity contribution in [2.24, 2.45) is 0 Å². The smallest absolute Gasteiger partial charge is 0.262 e. The van der Waals surface area contributed by atoms with Crippen molar-refractivity contribution in [3.63, 3.8) is 0 Å². The molecule has 1 saturated heterocycles. The molecule has 0 spiro atoms. The van der Waals surface area contributed by atoms with Crippen LogP contribution in [0.4, 0.5) is 4.39 Å². The molecule has 20 heavy (non-hydrogen) atoms. The molecular formula is C11H10BrClFNO4S. The Labute approximate surface area is 128 Å². The molecule has 1 unspecified atom stereocenters. The summed E-state index contributed by atoms with van der Waals surface area (Å²) < 4.78 is 41.5. The maximum atomic E-state index is 13.8. The zero-order valence-corrected chi connectivity index (χ0v) is 13.2. The Morgan fingerprint density at radius 1 is 1.50 bits per heavy atom. The Morgan fingerprint density at radius 3 is 2.75 bits per heavy atom. The minimum atomic E-state index is -4.08. The molecule has 1 amide bonds. The topological polar surface area (TPSA) is 72.5 Å². The molecule has 1 heterocycles. The van der Waals surface area contributed by atoms with Gasteiger partial charge < -0.3 is 10.1 Å². The van der Waals surface area contributed by atoms with E-state index in [2.05, 4.69) is 21.2 Å². The fourth-order valence-corrected chi connectivity index (χ4v) is 3.97. The highest BCUT2D eigenvalue weighted by Crippen LogP contribution is 2.28. The molecule has 1 aromatic carbocycles. The highest BCUT2D eigenvalue weighted by Gasteiger charge is 2.24. The normalized spacial score (nSPS) is 19.1. The first-order chi connectivity index (χ1) is 9.29. The lowest BCUT2D eigenvalue weighted by molar-refractivity contribution is 0.0925. The van der Waals surface area contributed by atoms with Gasteiger partial charge in [-0.15, -0.1) is 0 Å². The van der Waals surface area contributed by atoms with Gasteiger partial charge in [0.2, 0.25) is 0 Å². The fraction of sp³-hybridized carbons (Fsp3) is 0.364. The van der Waals surface area contributed by atoms with Crippen LogP contribution < -0.4 is 5.32 Å². The van der Waals surface area contributed by atoms with E-state index in [4.69, 9.17) is 15.4 Å². The largest absolute Gasteiger partial charge is 0.379 e. The van der Waals surface area contributed by atoms with Crippen LogP contribution in [0.2, 0.25) is 0 Å². The van der Waals surface area contributed by atoms with Crippen molar-refractivity contribution in [2.45, 2.75) is 17.4 Å². The van der Waals surface area contributed by atoms with Gasteiger partial charge in [-0.25, -0.2) is 12.8 Å². The second-order valence-corrected chi connectivity index (χ2v) is 7.62. The van der Waals surface area contributed by atoms with Gasteiger partial charge in [-0.1, -0.05) is 0 Å². The summed E-state index contributed by atoms with van der Waals surface area (Å²) in [4.78, 5) is 11.6. The van der Waals surface area contributed by atoms with E-state index in [-0.39, 0.29) is 21.0 Å². The number of nitrogens with one attached hydrogen (secondary N) is 1. The molecule has 1 fully saturated rings. The lowest BCUT2D eigenvalue weighted by Gasteiger charge is -2.12. The maximum absolute atomic E-state index is 13.8. The third kappa shape index (κ3) is 3.49. The summed E-state index contributed by atoms with van der Waals surface area (Å²) in [5, 5.41) is 2.58. The minimum Gasteiger partial charge on any atom is -0.379 e. The zero-order valence-electron chi connectivity index (χ0n) is 10.0. The molecule has 0 aromatic heterocycles. The first kappa shape index (κ1) is 15.7. The van der Waals surface area contributed by atoms with Crippen molar-refractivity contribution in [3.8, 4) is 0 Å². The molecule has 5 nitrogen and oxygen atoms in total. The van der Waals surface area contributed by atoms with Crippen LogP contribution in [0.3, 0.4) is 0 Å². The van der Waals surface area contributed by atoms with E-state index in [0.717, 1.165) is 12.1 Å². The van der Waals surface area contributed by atoms with Crippen LogP contribution >= 0.6 is 26.6 Å². The van der Waals surface area contributed by atoms with Gasteiger partial charge in [0, 0.05) is 21.8 Å². The van der Waals surface area contributed by atoms with Crippen LogP contribution in [0.1, 0.15) is 16.8 Å². The van der Waals surface area contributed by atoms with E-state index in [1.807, 2.05) is 0 Å². The van der Waals surface area contributed by atoms with Crippen molar-refractivity contribution in [3.05, 3.63) is 28.0 Å². The van der Waals surface area contributed by atoms with Crippen molar-refractivity contribution in [2.75, 3.05) is 13.2 Å². The number of hydrogen-bond acceptors (Lipinski definition) is 4. The van der Waals surface area contributed by atoms with Crippen LogP contribution in [0.25, 0.3) is 0 Å². The van der Waals surface area contributed by atoms with Crippen molar-refractivity contribution < 1.29 is 22.3 Å². The van der Waals surface area contributed by atoms with Gasteiger partial charge in [-0.2, -0.15) is 0 Å². The molecule has 0 aliphatic carbocycles. The quantitative estimate of drug-likeness (QED) is 0.807. The number of hydrogen-bond donors (Lipinski definition) is 1. The summed E-state index contributed by atoms with van der Waals surface area (Å²) in [5.41, 5.74) is -0.376. The van der Waals surface area contributed by atoms with Gasteiger partial charge in [-0.3, -0.25) is 4.79 Å². The lowest BCUT2D eigenvalue weighted by Crippen LogP contribution is -2.35. The van der Waals surface area contributed by atoms with Gasteiger partial charge in [0.25, 0.3) is 15.0 Å². The van der Waals surface area contributed by atoms with Crippen LogP contribution in [0.5, 0.6) is 0 Å². The Bertz CT molecular complexity index is 646. The summed E-state index contributed by atoms with van der Waals surface area (Å²) in [5.74, 6) is -1.54. The first-order valence-corrected chi connectivity index (χ1v) is 8.71. The third-order valence-corrected chi connectivity index (χ3v) is 5.07. The second kappa shape index (κ2) is 5.97. The summed E-state index contributed by atoms with van der Waals surface area (Å²) >= 11 is 2.90. The Hall–Kier alpha value is -0.700. The molecule has 2 rings (SSSR count). The molecule has 1 atom stereocenters. The Kier molecular flexibility index (Phi) is 4.68. The average Bonchev–Trinajstić information content (AvgIpc) is 2.79. The number of carbonyl (C=O) groups is 1. The van der Waals surface area contributed by atoms with Crippen LogP contribution in [-0.2, 0) is 13.8 Å². The standard InChI is InChI=1S/C11H10BrClFNO4S/c12-8-4-9(14)7(3-10(8)20(13,17)18)11(16)15-6-1-2-19-5-6/h3-4,6H,1-2,5H2,(H,15,16). The third-order valence-electron chi connectivity index (χ3n) is 2.79. The number of benzene rings is 1. The van der Waals surface area contributed by atoms with E-state index >= 15 is 0 Å². The summed E-state index contributed by atoms with van der Waals surface area (Å²) in [6, 6.07) is 1.60. The van der Waals surface area contributed by atoms with Gasteiger partial charge in [0.15, 0.2) is 0 Å². The predicted molar refractivity (Wildman–Crippen MR) is 73.8 cm³/mol. The summed E-state index contributed by atoms with van der Waals surface area (Å²) in [6.07, 6.45) is 0.630. The maximum Gasteiger partial charge on any atom is 0.262 e. The highest BCUT2D eigenvalue weighted by atomic mass is 79.9. The summed E-state index contributed by atoms with van der Waals surface area (Å²) in [6.45, 7) is 0.875. The molecular weight excluding hydrogens is 377 g/mol. The second-order valence-electron chi connectivity index (χ2n) is 4.23. The molecule has 110 valence electrons. The molecule has 1 aromatic rings. The monoisotopic (exact) mass is 385 g/mol. The number of carbonyl (C=O) groups excluding carboxylic acids is 1. The molecule has 0 bridgehead atoms. The lowest BCUT2D eigenvalue weighted by atomic mass is 10.1. The van der Waals surface area contributed by atoms with Crippen molar-refractivity contribution >= 4 is 41.6 Å². The minimum absolute atomic E-state index is 0.0363. The molecule has 1 N–H and O–H groups in total. The van der Waals surface area contributed by atoms with E-state index in [0.29, 0.717) is 19.6 Å². The Morgan fingerprint density at radius 2 is 2.20 bits per heavy atom. The fourth-order valence-electron chi connectivity index (χ4n) is 1.80. The zero-order chi connectivity index (χ0) is 14.9. The first-order valence-electron chi connectivity index (χ1n) is 5.61. The van der Waals surface area contributed by atoms with E-state index in [9.17, 15) is 17.6 Å². The molecule has 1 aliphatic heterocycles. The molecule has 1 aliphatic rings. The number of amides is 1. The highest BCUT2D eigenvalue weighted by molar-refractivity contribution is 9.10. The Balaban J connectivity index is 2.33. The van der Waals surface area contributed by atoms with Crippen LogP contribution in [-0.4, -0.2) is 33.6 Å². The summed E-state index contributed by atoms with van der Waals surface area (Å²) in [7, 11) is 1.15. The van der Waals surface area contributed by atoms with Gasteiger partial charge >= 0.3 is 0 Å². The van der Waals surface area contributed by atoms with Gasteiger partial charge in [-0.05, 0) is 34.5 Å². The average molecular weight is 387 g/mol. The predicted octanol–water partition coefficient (Wildman–Crippen LogP) is 2.03. The molecule has 0 saturated carbocycles. The number of halogens is 3. The number of ether oxygens (including phenoxy) is 1. The van der Waals surface area contributed by atoms with Crippen LogP contribution in [0, 0.1) is 5.82 Å².